The maximum atomic E-state index is 5.46. The Morgan fingerprint density at radius 3 is 2.62 bits per heavy atom. The monoisotopic (exact) mass is 183 g/mol. The molecule has 0 saturated heterocycles. The molecule has 2 N–H and O–H groups in total. The fourth-order valence-corrected chi connectivity index (χ4v) is 1.91. The second-order valence-corrected chi connectivity index (χ2v) is 3.94. The first-order valence-electron chi connectivity index (χ1n) is 5.17. The predicted octanol–water partition coefficient (Wildman–Crippen LogP) is 1.24. The van der Waals surface area contributed by atoms with Crippen LogP contribution in [0.4, 0.5) is 0 Å². The standard InChI is InChI=1S/C10H21N3/c1-9(11)12-7-8-13(2)10-5-3-4-6-10/h10H,3-8H2,1-2H3,(H2,11,12). The molecule has 76 valence electrons. The molecule has 0 heterocycles. The molecule has 0 aromatic rings. The van der Waals surface area contributed by atoms with Crippen molar-refractivity contribution in [1.29, 1.82) is 0 Å². The lowest BCUT2D eigenvalue weighted by Crippen LogP contribution is -2.31. The van der Waals surface area contributed by atoms with Gasteiger partial charge < -0.3 is 10.6 Å². The normalized spacial score (nSPS) is 20.1. The smallest absolute Gasteiger partial charge is 0.0906 e. The molecule has 13 heavy (non-hydrogen) atoms. The molecule has 1 aliphatic rings. The first-order chi connectivity index (χ1) is 6.20. The minimum Gasteiger partial charge on any atom is -0.388 e. The number of aliphatic imine (C=N–C) groups is 1. The quantitative estimate of drug-likeness (QED) is 0.526. The number of amidine groups is 1. The van der Waals surface area contributed by atoms with E-state index in [1.165, 1.54) is 25.7 Å². The third-order valence-corrected chi connectivity index (χ3v) is 2.76. The number of nitrogens with two attached hydrogens (primary N) is 1. The molecule has 3 heteroatoms. The highest BCUT2D eigenvalue weighted by atomic mass is 15.1. The first-order valence-corrected chi connectivity index (χ1v) is 5.17. The zero-order chi connectivity index (χ0) is 9.68. The molecule has 1 rings (SSSR count). The van der Waals surface area contributed by atoms with Gasteiger partial charge in [-0.2, -0.15) is 0 Å². The van der Waals surface area contributed by atoms with Crippen molar-refractivity contribution in [3.8, 4) is 0 Å². The Bertz CT molecular complexity index is 167. The van der Waals surface area contributed by atoms with Crippen molar-refractivity contribution >= 4 is 5.84 Å². The van der Waals surface area contributed by atoms with Crippen molar-refractivity contribution < 1.29 is 0 Å². The largest absolute Gasteiger partial charge is 0.388 e. The summed E-state index contributed by atoms with van der Waals surface area (Å²) in [6.07, 6.45) is 5.52. The average molecular weight is 183 g/mol. The SMILES string of the molecule is CC(N)=NCCN(C)C1CCCC1. The van der Waals surface area contributed by atoms with Crippen molar-refractivity contribution in [3.05, 3.63) is 0 Å². The lowest BCUT2D eigenvalue weighted by atomic mass is 10.2. The Balaban J connectivity index is 2.16. The summed E-state index contributed by atoms with van der Waals surface area (Å²) in [6.45, 7) is 3.73. The zero-order valence-electron chi connectivity index (χ0n) is 8.79. The van der Waals surface area contributed by atoms with Gasteiger partial charge in [0.05, 0.1) is 12.4 Å². The highest BCUT2D eigenvalue weighted by molar-refractivity contribution is 5.77. The van der Waals surface area contributed by atoms with Gasteiger partial charge in [-0.05, 0) is 26.8 Å². The van der Waals surface area contributed by atoms with Gasteiger partial charge in [-0.25, -0.2) is 0 Å². The molecule has 0 unspecified atom stereocenters. The lowest BCUT2D eigenvalue weighted by molar-refractivity contribution is 0.252. The number of rotatable bonds is 4. The summed E-state index contributed by atoms with van der Waals surface area (Å²) in [7, 11) is 2.19. The molecule has 0 radical (unpaired) electrons. The number of hydrogen-bond acceptors (Lipinski definition) is 2. The third kappa shape index (κ3) is 3.77. The fraction of sp³-hybridized carbons (Fsp3) is 0.900. The maximum absolute atomic E-state index is 5.46. The van der Waals surface area contributed by atoms with E-state index < -0.39 is 0 Å². The zero-order valence-corrected chi connectivity index (χ0v) is 8.79. The van der Waals surface area contributed by atoms with Crippen molar-refractivity contribution in [1.82, 2.24) is 4.90 Å². The molecule has 0 bridgehead atoms. The van der Waals surface area contributed by atoms with Gasteiger partial charge in [-0.15, -0.1) is 0 Å². The van der Waals surface area contributed by atoms with Gasteiger partial charge in [0.1, 0.15) is 0 Å². The summed E-state index contributed by atoms with van der Waals surface area (Å²) in [5.74, 6) is 0.694. The summed E-state index contributed by atoms with van der Waals surface area (Å²) in [4.78, 5) is 6.60. The molecule has 0 aliphatic heterocycles. The maximum Gasteiger partial charge on any atom is 0.0906 e. The van der Waals surface area contributed by atoms with Crippen molar-refractivity contribution in [2.45, 2.75) is 38.6 Å². The van der Waals surface area contributed by atoms with E-state index in [2.05, 4.69) is 16.9 Å². The minimum absolute atomic E-state index is 0.694. The van der Waals surface area contributed by atoms with Gasteiger partial charge in [0.15, 0.2) is 0 Å². The number of hydrogen-bond donors (Lipinski definition) is 1. The highest BCUT2D eigenvalue weighted by Gasteiger charge is 2.18. The fourth-order valence-electron chi connectivity index (χ4n) is 1.91. The van der Waals surface area contributed by atoms with Crippen LogP contribution in [0.5, 0.6) is 0 Å². The topological polar surface area (TPSA) is 41.6 Å². The molecular formula is C10H21N3. The molecular weight excluding hydrogens is 162 g/mol. The van der Waals surface area contributed by atoms with Crippen LogP contribution in [-0.4, -0.2) is 36.9 Å². The summed E-state index contributed by atoms with van der Waals surface area (Å²) < 4.78 is 0. The van der Waals surface area contributed by atoms with E-state index in [1.807, 2.05) is 6.92 Å². The van der Waals surface area contributed by atoms with Crippen LogP contribution in [0.2, 0.25) is 0 Å². The van der Waals surface area contributed by atoms with Gasteiger partial charge >= 0.3 is 0 Å². The first kappa shape index (κ1) is 10.5. The van der Waals surface area contributed by atoms with Gasteiger partial charge in [0.25, 0.3) is 0 Å². The van der Waals surface area contributed by atoms with Crippen LogP contribution in [0.3, 0.4) is 0 Å². The third-order valence-electron chi connectivity index (χ3n) is 2.76. The Morgan fingerprint density at radius 1 is 1.46 bits per heavy atom. The van der Waals surface area contributed by atoms with Crippen LogP contribution in [0.15, 0.2) is 4.99 Å². The summed E-state index contributed by atoms with van der Waals surface area (Å²) >= 11 is 0. The second-order valence-electron chi connectivity index (χ2n) is 3.94. The Kier molecular flexibility index (Phi) is 4.22. The van der Waals surface area contributed by atoms with Gasteiger partial charge in [0.2, 0.25) is 0 Å². The number of nitrogens with zero attached hydrogens (tertiary/aromatic N) is 2. The van der Waals surface area contributed by atoms with Gasteiger partial charge in [0, 0.05) is 12.6 Å². The minimum atomic E-state index is 0.694. The van der Waals surface area contributed by atoms with E-state index in [0.717, 1.165) is 19.1 Å². The van der Waals surface area contributed by atoms with E-state index in [4.69, 9.17) is 5.73 Å². The number of likely N-dealkylation sites (N-methyl/N-ethyl adjacent to an activating group) is 1. The highest BCUT2D eigenvalue weighted by Crippen LogP contribution is 2.21. The Hall–Kier alpha value is -0.570. The molecule has 0 aromatic heterocycles. The molecule has 1 fully saturated rings. The molecule has 3 nitrogen and oxygen atoms in total. The lowest BCUT2D eigenvalue weighted by Gasteiger charge is -2.22. The van der Waals surface area contributed by atoms with Crippen molar-refractivity contribution in [2.75, 3.05) is 20.1 Å². The molecule has 1 saturated carbocycles. The van der Waals surface area contributed by atoms with E-state index in [-0.39, 0.29) is 0 Å². The van der Waals surface area contributed by atoms with Crippen LogP contribution in [0, 0.1) is 0 Å². The van der Waals surface area contributed by atoms with Crippen LogP contribution >= 0.6 is 0 Å². The van der Waals surface area contributed by atoms with Crippen molar-refractivity contribution in [2.24, 2.45) is 10.7 Å². The molecule has 0 amide bonds. The Morgan fingerprint density at radius 2 is 2.08 bits per heavy atom. The van der Waals surface area contributed by atoms with Crippen LogP contribution in [0.1, 0.15) is 32.6 Å². The van der Waals surface area contributed by atoms with E-state index in [0.29, 0.717) is 5.84 Å². The van der Waals surface area contributed by atoms with Crippen LogP contribution in [-0.2, 0) is 0 Å². The summed E-state index contributed by atoms with van der Waals surface area (Å²) in [6, 6.07) is 0.799. The molecule has 0 atom stereocenters. The molecule has 0 spiro atoms. The van der Waals surface area contributed by atoms with E-state index in [1.54, 1.807) is 0 Å². The van der Waals surface area contributed by atoms with E-state index >= 15 is 0 Å². The summed E-state index contributed by atoms with van der Waals surface area (Å²) in [5.41, 5.74) is 5.46. The second kappa shape index (κ2) is 5.22. The van der Waals surface area contributed by atoms with Crippen molar-refractivity contribution in [3.63, 3.8) is 0 Å². The summed E-state index contributed by atoms with van der Waals surface area (Å²) in [5, 5.41) is 0. The van der Waals surface area contributed by atoms with Gasteiger partial charge in [-0.3, -0.25) is 4.99 Å². The molecule has 0 aromatic carbocycles. The van der Waals surface area contributed by atoms with Crippen LogP contribution in [0.25, 0.3) is 0 Å². The average Bonchev–Trinajstić information content (AvgIpc) is 2.55. The Labute approximate surface area is 81.0 Å². The van der Waals surface area contributed by atoms with E-state index in [9.17, 15) is 0 Å². The predicted molar refractivity (Wildman–Crippen MR) is 57.0 cm³/mol. The van der Waals surface area contributed by atoms with Crippen LogP contribution < -0.4 is 5.73 Å². The van der Waals surface area contributed by atoms with Gasteiger partial charge in [-0.1, -0.05) is 12.8 Å². The molecule has 1 aliphatic carbocycles.